The van der Waals surface area contributed by atoms with Crippen LogP contribution in [0.1, 0.15) is 21.5 Å². The minimum atomic E-state index is -6.52. The molecular weight excluding hydrogens is 293 g/mol. The predicted octanol–water partition coefficient (Wildman–Crippen LogP) is 4.32. The zero-order valence-corrected chi connectivity index (χ0v) is 10.3. The molecule has 0 aliphatic heterocycles. The van der Waals surface area contributed by atoms with Gasteiger partial charge in [-0.15, -0.1) is 0 Å². The van der Waals surface area contributed by atoms with Gasteiger partial charge in [0, 0.05) is 5.56 Å². The summed E-state index contributed by atoms with van der Waals surface area (Å²) in [6, 6.07) is 3.11. The molecule has 0 spiro atoms. The van der Waals surface area contributed by atoms with E-state index in [4.69, 9.17) is 0 Å². The molecule has 1 nitrogen and oxygen atoms in total. The fourth-order valence-electron chi connectivity index (χ4n) is 1.61. The van der Waals surface area contributed by atoms with Crippen LogP contribution in [-0.4, -0.2) is 23.8 Å². The maximum Gasteiger partial charge on any atom is 0.460 e. The zero-order valence-electron chi connectivity index (χ0n) is 10.3. The third-order valence-corrected chi connectivity index (χ3v) is 2.52. The number of Topliss-reactive ketones (excluding diaryl/α,β-unsaturated/α-hetero) is 1. The van der Waals surface area contributed by atoms with E-state index in [1.165, 1.54) is 19.9 Å². The van der Waals surface area contributed by atoms with Crippen molar-refractivity contribution in [2.75, 3.05) is 0 Å². The van der Waals surface area contributed by atoms with Gasteiger partial charge >= 0.3 is 18.0 Å². The summed E-state index contributed by atoms with van der Waals surface area (Å²) < 4.78 is 87.9. The summed E-state index contributed by atoms with van der Waals surface area (Å²) in [5.74, 6) is -14.9. The standard InChI is InChI=1S/C12H9F7O/c1-6-3-7(2)5-8(4-6)9(20)10(13,14)11(15,16)12(17,18)19/h3-5H,1-2H3. The van der Waals surface area contributed by atoms with Crippen molar-refractivity contribution in [1.82, 2.24) is 0 Å². The summed E-state index contributed by atoms with van der Waals surface area (Å²) in [6.07, 6.45) is -6.52. The minimum Gasteiger partial charge on any atom is -0.287 e. The molecule has 1 aromatic carbocycles. The molecule has 0 N–H and O–H groups in total. The number of hydrogen-bond acceptors (Lipinski definition) is 1. The van der Waals surface area contributed by atoms with E-state index in [9.17, 15) is 35.5 Å². The maximum absolute atomic E-state index is 13.2. The first-order chi connectivity index (χ1) is 8.80. The van der Waals surface area contributed by atoms with E-state index in [2.05, 4.69) is 0 Å². The lowest BCUT2D eigenvalue weighted by Gasteiger charge is -2.27. The number of carbonyl (C=O) groups is 1. The van der Waals surface area contributed by atoms with Crippen LogP contribution in [0.15, 0.2) is 18.2 Å². The predicted molar refractivity (Wildman–Crippen MR) is 56.2 cm³/mol. The van der Waals surface area contributed by atoms with Crippen molar-refractivity contribution < 1.29 is 35.5 Å². The third-order valence-electron chi connectivity index (χ3n) is 2.52. The molecule has 0 aromatic heterocycles. The SMILES string of the molecule is Cc1cc(C)cc(C(=O)C(F)(F)C(F)(F)C(F)(F)F)c1. The molecule has 0 saturated heterocycles. The number of benzene rings is 1. The summed E-state index contributed by atoms with van der Waals surface area (Å²) in [5.41, 5.74) is -0.310. The van der Waals surface area contributed by atoms with Gasteiger partial charge < -0.3 is 0 Å². The second kappa shape index (κ2) is 4.75. The molecule has 0 saturated carbocycles. The van der Waals surface area contributed by atoms with Gasteiger partial charge in [0.1, 0.15) is 0 Å². The van der Waals surface area contributed by atoms with Crippen molar-refractivity contribution in [3.63, 3.8) is 0 Å². The van der Waals surface area contributed by atoms with Gasteiger partial charge in [-0.2, -0.15) is 30.7 Å². The highest BCUT2D eigenvalue weighted by Gasteiger charge is 2.76. The molecule has 0 aliphatic rings. The van der Waals surface area contributed by atoms with Crippen molar-refractivity contribution in [2.45, 2.75) is 31.9 Å². The van der Waals surface area contributed by atoms with Gasteiger partial charge in [0.05, 0.1) is 0 Å². The van der Waals surface area contributed by atoms with Crippen LogP contribution in [0, 0.1) is 13.8 Å². The molecular formula is C12H9F7O. The highest BCUT2D eigenvalue weighted by molar-refractivity contribution is 6.02. The first-order valence-corrected chi connectivity index (χ1v) is 5.26. The Labute approximate surface area is 109 Å². The number of rotatable bonds is 3. The Morgan fingerprint density at radius 1 is 0.850 bits per heavy atom. The maximum atomic E-state index is 13.2. The molecule has 20 heavy (non-hydrogen) atoms. The van der Waals surface area contributed by atoms with Crippen LogP contribution in [0.25, 0.3) is 0 Å². The van der Waals surface area contributed by atoms with Crippen LogP contribution in [0.2, 0.25) is 0 Å². The van der Waals surface area contributed by atoms with E-state index in [1.807, 2.05) is 0 Å². The minimum absolute atomic E-state index is 0.291. The molecule has 112 valence electrons. The summed E-state index contributed by atoms with van der Waals surface area (Å²) in [5, 5.41) is 0. The third kappa shape index (κ3) is 2.64. The smallest absolute Gasteiger partial charge is 0.287 e. The van der Waals surface area contributed by atoms with Crippen molar-refractivity contribution in [2.24, 2.45) is 0 Å². The lowest BCUT2D eigenvalue weighted by atomic mass is 9.97. The molecule has 0 amide bonds. The van der Waals surface area contributed by atoms with E-state index in [-0.39, 0.29) is 0 Å². The molecule has 0 radical (unpaired) electrons. The topological polar surface area (TPSA) is 17.1 Å². The van der Waals surface area contributed by atoms with Gasteiger partial charge in [-0.05, 0) is 26.0 Å². The second-order valence-corrected chi connectivity index (χ2v) is 4.35. The first-order valence-electron chi connectivity index (χ1n) is 5.26. The Hall–Kier alpha value is -1.60. The molecule has 0 heterocycles. The van der Waals surface area contributed by atoms with E-state index in [0.717, 1.165) is 12.1 Å². The summed E-state index contributed by atoms with van der Waals surface area (Å²) in [4.78, 5) is 11.3. The van der Waals surface area contributed by atoms with Crippen LogP contribution in [0.4, 0.5) is 30.7 Å². The van der Waals surface area contributed by atoms with E-state index in [0.29, 0.717) is 11.1 Å². The average Bonchev–Trinajstić information content (AvgIpc) is 2.24. The Bertz CT molecular complexity index is 511. The van der Waals surface area contributed by atoms with Crippen molar-refractivity contribution in [3.8, 4) is 0 Å². The molecule has 0 atom stereocenters. The summed E-state index contributed by atoms with van der Waals surface area (Å²) in [7, 11) is 0. The zero-order chi connectivity index (χ0) is 15.9. The monoisotopic (exact) mass is 302 g/mol. The number of halogens is 7. The van der Waals surface area contributed by atoms with Gasteiger partial charge in [0.2, 0.25) is 5.78 Å². The van der Waals surface area contributed by atoms with Crippen molar-refractivity contribution in [1.29, 1.82) is 0 Å². The Morgan fingerprint density at radius 2 is 1.25 bits per heavy atom. The molecule has 0 fully saturated rings. The lowest BCUT2D eigenvalue weighted by molar-refractivity contribution is -0.339. The number of hydrogen-bond donors (Lipinski definition) is 0. The molecule has 1 aromatic rings. The highest BCUT2D eigenvalue weighted by atomic mass is 19.4. The van der Waals surface area contributed by atoms with Crippen LogP contribution in [0.5, 0.6) is 0 Å². The van der Waals surface area contributed by atoms with Crippen molar-refractivity contribution in [3.05, 3.63) is 34.9 Å². The molecule has 8 heteroatoms. The van der Waals surface area contributed by atoms with Gasteiger partial charge in [-0.1, -0.05) is 17.2 Å². The first kappa shape index (κ1) is 16.5. The lowest BCUT2D eigenvalue weighted by Crippen LogP contribution is -2.56. The Balaban J connectivity index is 3.31. The Morgan fingerprint density at radius 3 is 1.60 bits per heavy atom. The van der Waals surface area contributed by atoms with Crippen LogP contribution < -0.4 is 0 Å². The van der Waals surface area contributed by atoms with Gasteiger partial charge in [0.15, 0.2) is 0 Å². The van der Waals surface area contributed by atoms with Gasteiger partial charge in [-0.25, -0.2) is 0 Å². The summed E-state index contributed by atoms with van der Waals surface area (Å²) in [6.45, 7) is 2.79. The van der Waals surface area contributed by atoms with Crippen molar-refractivity contribution >= 4 is 5.78 Å². The molecule has 0 unspecified atom stereocenters. The van der Waals surface area contributed by atoms with E-state index < -0.39 is 29.4 Å². The Kier molecular flexibility index (Phi) is 3.91. The second-order valence-electron chi connectivity index (χ2n) is 4.35. The quantitative estimate of drug-likeness (QED) is 0.600. The fourth-order valence-corrected chi connectivity index (χ4v) is 1.61. The number of alkyl halides is 7. The normalized spacial score (nSPS) is 13.4. The average molecular weight is 302 g/mol. The largest absolute Gasteiger partial charge is 0.460 e. The molecule has 1 rings (SSSR count). The van der Waals surface area contributed by atoms with E-state index >= 15 is 0 Å². The van der Waals surface area contributed by atoms with Crippen LogP contribution in [0.3, 0.4) is 0 Å². The van der Waals surface area contributed by atoms with E-state index in [1.54, 1.807) is 0 Å². The van der Waals surface area contributed by atoms with Gasteiger partial charge in [0.25, 0.3) is 0 Å². The number of carbonyl (C=O) groups excluding carboxylic acids is 1. The number of aryl methyl sites for hydroxylation is 2. The van der Waals surface area contributed by atoms with Gasteiger partial charge in [-0.3, -0.25) is 4.79 Å². The molecule has 0 aliphatic carbocycles. The fraction of sp³-hybridized carbons (Fsp3) is 0.417. The molecule has 0 bridgehead atoms. The van der Waals surface area contributed by atoms with Crippen LogP contribution >= 0.6 is 0 Å². The van der Waals surface area contributed by atoms with Crippen LogP contribution in [-0.2, 0) is 0 Å². The highest BCUT2D eigenvalue weighted by Crippen LogP contribution is 2.47. The summed E-state index contributed by atoms with van der Waals surface area (Å²) >= 11 is 0. The number of ketones is 1.